The maximum atomic E-state index is 7.26. The van der Waals surface area contributed by atoms with Crippen molar-refractivity contribution in [2.75, 3.05) is 5.73 Å². The monoisotopic (exact) mass is 887 g/mol. The van der Waals surface area contributed by atoms with Gasteiger partial charge in [0.1, 0.15) is 11.5 Å². The number of nitrogens with two attached hydrogens (primary N) is 1. The molecule has 0 saturated heterocycles. The molecule has 8 aromatic rings. The van der Waals surface area contributed by atoms with Crippen LogP contribution in [0.2, 0.25) is 0 Å². The zero-order valence-corrected chi connectivity index (χ0v) is 35.8. The number of rotatable bonds is 7. The van der Waals surface area contributed by atoms with Gasteiger partial charge in [0.15, 0.2) is 0 Å². The summed E-state index contributed by atoms with van der Waals surface area (Å²) < 4.78 is 7.26. The van der Waals surface area contributed by atoms with Crippen LogP contribution in [0.15, 0.2) is 206 Å². The SMILES string of the molecule is CC1(C)c2cccc(P(c3ccccc3)c3ccccc3)c2Oc2c(P(c3ccccc3)c3ccccc3)cccc21.Nc1ccccc1-c1[c-]cccc1.[Cl][Pd+]. The average molecular weight is 889 g/mol. The van der Waals surface area contributed by atoms with E-state index in [0.29, 0.717) is 0 Å². The quantitative estimate of drug-likeness (QED) is 0.0749. The van der Waals surface area contributed by atoms with E-state index in [-0.39, 0.29) is 5.41 Å². The minimum atomic E-state index is -0.824. The van der Waals surface area contributed by atoms with Crippen molar-refractivity contribution in [2.24, 2.45) is 0 Å². The Bertz CT molecular complexity index is 2290. The minimum absolute atomic E-state index is 0.225. The number of anilines is 1. The first-order chi connectivity index (χ1) is 28.0. The number of hydrogen-bond donors (Lipinski definition) is 1. The fraction of sp³-hybridized carbons (Fsp3) is 0.0588. The summed E-state index contributed by atoms with van der Waals surface area (Å²) in [5.74, 6) is 2.02. The zero-order chi connectivity index (χ0) is 39.6. The number of halogens is 1. The maximum absolute atomic E-state index is 7.26. The first kappa shape index (κ1) is 40.4. The van der Waals surface area contributed by atoms with E-state index < -0.39 is 15.8 Å². The molecule has 0 spiro atoms. The Hall–Kier alpha value is -4.83. The first-order valence-electron chi connectivity index (χ1n) is 18.7. The third-order valence-corrected chi connectivity index (χ3v) is 15.0. The van der Waals surface area contributed by atoms with Gasteiger partial charge in [0.25, 0.3) is 0 Å². The van der Waals surface area contributed by atoms with Crippen molar-refractivity contribution < 1.29 is 22.9 Å². The average Bonchev–Trinajstić information content (AvgIpc) is 3.27. The van der Waals surface area contributed by atoms with Crippen molar-refractivity contribution in [3.8, 4) is 22.6 Å². The molecule has 284 valence electrons. The number of fused-ring (bicyclic) bond motifs is 2. The summed E-state index contributed by atoms with van der Waals surface area (Å²) in [6.07, 6.45) is 0. The second kappa shape index (κ2) is 19.1. The van der Waals surface area contributed by atoms with Crippen molar-refractivity contribution in [3.05, 3.63) is 223 Å². The van der Waals surface area contributed by atoms with Crippen LogP contribution in [-0.4, -0.2) is 0 Å². The molecule has 57 heavy (non-hydrogen) atoms. The van der Waals surface area contributed by atoms with Gasteiger partial charge in [-0.1, -0.05) is 195 Å². The van der Waals surface area contributed by atoms with Crippen molar-refractivity contribution in [2.45, 2.75) is 19.3 Å². The number of benzene rings is 8. The third-order valence-electron chi connectivity index (χ3n) is 10.0. The molecule has 6 heteroatoms. The molecule has 1 aliphatic rings. The molecule has 8 aromatic carbocycles. The molecule has 0 saturated carbocycles. The summed E-state index contributed by atoms with van der Waals surface area (Å²) in [6.45, 7) is 4.70. The molecule has 2 N–H and O–H groups in total. The summed E-state index contributed by atoms with van der Waals surface area (Å²) >= 11 is 2.22. The fourth-order valence-corrected chi connectivity index (χ4v) is 12.1. The Morgan fingerprint density at radius 2 is 0.860 bits per heavy atom. The van der Waals surface area contributed by atoms with Gasteiger partial charge in [0.2, 0.25) is 0 Å². The summed E-state index contributed by atoms with van der Waals surface area (Å²) in [6, 6.07) is 75.9. The Morgan fingerprint density at radius 1 is 0.474 bits per heavy atom. The van der Waals surface area contributed by atoms with Gasteiger partial charge in [-0.3, -0.25) is 0 Å². The number of hydrogen-bond acceptors (Lipinski definition) is 2. The molecule has 0 bridgehead atoms. The molecule has 0 fully saturated rings. The van der Waals surface area contributed by atoms with Gasteiger partial charge in [-0.05, 0) is 48.8 Å². The molecule has 1 heterocycles. The third kappa shape index (κ3) is 8.86. The van der Waals surface area contributed by atoms with Gasteiger partial charge < -0.3 is 10.5 Å². The van der Waals surface area contributed by atoms with E-state index in [1.807, 2.05) is 48.5 Å². The number of nitrogen functional groups attached to an aromatic ring is 1. The van der Waals surface area contributed by atoms with E-state index in [2.05, 4.69) is 205 Å². The normalized spacial score (nSPS) is 12.2. The van der Waals surface area contributed by atoms with Gasteiger partial charge in [0, 0.05) is 27.2 Å². The van der Waals surface area contributed by atoms with Crippen LogP contribution in [0.3, 0.4) is 0 Å². The summed E-state index contributed by atoms with van der Waals surface area (Å²) in [5.41, 5.74) is 11.0. The molecule has 2 nitrogen and oxygen atoms in total. The van der Waals surface area contributed by atoms with Gasteiger partial charge in [-0.2, -0.15) is 0 Å². The second-order valence-electron chi connectivity index (χ2n) is 13.9. The van der Waals surface area contributed by atoms with Crippen LogP contribution in [0.4, 0.5) is 5.69 Å². The molecule has 0 aromatic heterocycles. The van der Waals surface area contributed by atoms with E-state index >= 15 is 0 Å². The predicted octanol–water partition coefficient (Wildman–Crippen LogP) is 11.1. The van der Waals surface area contributed by atoms with Crippen LogP contribution in [0.25, 0.3) is 11.1 Å². The molecule has 0 amide bonds. The van der Waals surface area contributed by atoms with Crippen molar-refractivity contribution in [1.82, 2.24) is 0 Å². The van der Waals surface area contributed by atoms with E-state index in [0.717, 1.165) is 28.3 Å². The first-order valence-corrected chi connectivity index (χ1v) is 23.4. The van der Waals surface area contributed by atoms with E-state index in [1.54, 1.807) is 0 Å². The van der Waals surface area contributed by atoms with Crippen molar-refractivity contribution in [1.29, 1.82) is 0 Å². The predicted molar refractivity (Wildman–Crippen MR) is 243 cm³/mol. The Kier molecular flexibility index (Phi) is 13.5. The van der Waals surface area contributed by atoms with Crippen LogP contribution in [0.5, 0.6) is 11.5 Å². The molecule has 9 rings (SSSR count). The van der Waals surface area contributed by atoms with Gasteiger partial charge >= 0.3 is 27.7 Å². The number of ether oxygens (including phenoxy) is 1. The van der Waals surface area contributed by atoms with Crippen molar-refractivity contribution in [3.63, 3.8) is 0 Å². The van der Waals surface area contributed by atoms with E-state index in [1.165, 1.54) is 43.0 Å². The van der Waals surface area contributed by atoms with Crippen molar-refractivity contribution >= 4 is 62.9 Å². The Balaban J connectivity index is 0.000000278. The summed E-state index contributed by atoms with van der Waals surface area (Å²) in [4.78, 5) is 0. The van der Waals surface area contributed by atoms with E-state index in [4.69, 9.17) is 10.5 Å². The Labute approximate surface area is 354 Å². The second-order valence-corrected chi connectivity index (χ2v) is 18.3. The van der Waals surface area contributed by atoms with Crippen LogP contribution >= 0.6 is 25.4 Å². The van der Waals surface area contributed by atoms with E-state index in [9.17, 15) is 0 Å². The summed E-state index contributed by atoms with van der Waals surface area (Å²) in [7, 11) is 2.84. The molecule has 0 atom stereocenters. The fourth-order valence-electron chi connectivity index (χ4n) is 7.31. The van der Waals surface area contributed by atoms with Crippen LogP contribution in [-0.2, 0) is 23.6 Å². The summed E-state index contributed by atoms with van der Waals surface area (Å²) in [5, 5.41) is 7.81. The zero-order valence-electron chi connectivity index (χ0n) is 31.7. The molecule has 1 aliphatic heterocycles. The van der Waals surface area contributed by atoms with Crippen LogP contribution in [0, 0.1) is 6.07 Å². The van der Waals surface area contributed by atoms with Gasteiger partial charge in [0.05, 0.1) is 0 Å². The molecule has 0 unspecified atom stereocenters. The van der Waals surface area contributed by atoms with Crippen LogP contribution < -0.4 is 42.3 Å². The molecule has 0 radical (unpaired) electrons. The topological polar surface area (TPSA) is 35.2 Å². The number of para-hydroxylation sites is 3. The van der Waals surface area contributed by atoms with Gasteiger partial charge in [-0.25, -0.2) is 0 Å². The Morgan fingerprint density at radius 3 is 1.25 bits per heavy atom. The molecule has 0 aliphatic carbocycles. The van der Waals surface area contributed by atoms with Gasteiger partial charge in [-0.15, -0.1) is 35.9 Å². The standard InChI is InChI=1S/C39H32OP2.C12H10N.ClH.Pd/c1-39(2)33-25-15-27-35(41(29-17-7-3-8-18-29)30-19-9-4-10-20-30)37(33)40-38-34(39)26-16-28-36(38)42(31-21-11-5-12-22-31)32-23-13-6-14-24-32;13-12-9-5-4-8-11(12)10-6-2-1-3-7-10;;/h3-28H,1-2H3;1-6,8-9H,13H2;1H;/q;-1;;+2/p-1. The molecular weight excluding hydrogens is 846 g/mol. The molecular formula is C51H42ClNOP2Pd. The van der Waals surface area contributed by atoms with Crippen LogP contribution in [0.1, 0.15) is 25.0 Å².